The van der Waals surface area contributed by atoms with E-state index in [4.69, 9.17) is 4.74 Å². The zero-order valence-electron chi connectivity index (χ0n) is 11.8. The SMILES string of the molecule is COc1cccc(/C=C/NC(=O)Nc2ccc(F)cc2F)c1. The highest BCUT2D eigenvalue weighted by atomic mass is 19.1. The molecular formula is C16H14F2N2O2. The van der Waals surface area contributed by atoms with Crippen molar-refractivity contribution in [2.45, 2.75) is 0 Å². The summed E-state index contributed by atoms with van der Waals surface area (Å²) in [4.78, 5) is 11.6. The molecule has 0 radical (unpaired) electrons. The molecule has 0 aromatic heterocycles. The Balaban J connectivity index is 1.93. The lowest BCUT2D eigenvalue weighted by atomic mass is 10.2. The number of methoxy groups -OCH3 is 1. The Morgan fingerprint density at radius 1 is 1.18 bits per heavy atom. The van der Waals surface area contributed by atoms with Gasteiger partial charge in [0, 0.05) is 12.3 Å². The summed E-state index contributed by atoms with van der Waals surface area (Å²) in [5.74, 6) is -0.853. The van der Waals surface area contributed by atoms with Gasteiger partial charge in [0.1, 0.15) is 17.4 Å². The van der Waals surface area contributed by atoms with Crippen molar-refractivity contribution in [3.05, 3.63) is 65.9 Å². The molecule has 0 aliphatic heterocycles. The Morgan fingerprint density at radius 3 is 2.73 bits per heavy atom. The number of hydrogen-bond acceptors (Lipinski definition) is 2. The summed E-state index contributed by atoms with van der Waals surface area (Å²) in [6.07, 6.45) is 3.06. The fourth-order valence-corrected chi connectivity index (χ4v) is 1.71. The van der Waals surface area contributed by atoms with Crippen LogP contribution >= 0.6 is 0 Å². The minimum absolute atomic E-state index is 0.103. The average Bonchev–Trinajstić information content (AvgIpc) is 2.50. The molecule has 2 rings (SSSR count). The molecule has 0 heterocycles. The van der Waals surface area contributed by atoms with Crippen molar-refractivity contribution in [3.8, 4) is 5.75 Å². The third kappa shape index (κ3) is 4.31. The lowest BCUT2D eigenvalue weighted by Crippen LogP contribution is -2.24. The number of ether oxygens (including phenoxy) is 1. The summed E-state index contributed by atoms with van der Waals surface area (Å²) in [5, 5.41) is 4.71. The van der Waals surface area contributed by atoms with Gasteiger partial charge >= 0.3 is 6.03 Å². The highest BCUT2D eigenvalue weighted by Crippen LogP contribution is 2.15. The molecule has 2 aromatic rings. The zero-order chi connectivity index (χ0) is 15.9. The highest BCUT2D eigenvalue weighted by molar-refractivity contribution is 5.90. The van der Waals surface area contributed by atoms with Crippen LogP contribution in [-0.2, 0) is 0 Å². The summed E-state index contributed by atoms with van der Waals surface area (Å²) in [7, 11) is 1.56. The van der Waals surface area contributed by atoms with Crippen LogP contribution in [0.15, 0.2) is 48.7 Å². The zero-order valence-corrected chi connectivity index (χ0v) is 11.8. The van der Waals surface area contributed by atoms with Crippen LogP contribution in [0.5, 0.6) is 5.75 Å². The van der Waals surface area contributed by atoms with Gasteiger partial charge in [-0.15, -0.1) is 0 Å². The van der Waals surface area contributed by atoms with Crippen molar-refractivity contribution in [2.24, 2.45) is 0 Å². The van der Waals surface area contributed by atoms with Crippen molar-refractivity contribution in [3.63, 3.8) is 0 Å². The maximum absolute atomic E-state index is 13.4. The molecular weight excluding hydrogens is 290 g/mol. The molecule has 4 nitrogen and oxygen atoms in total. The van der Waals surface area contributed by atoms with E-state index < -0.39 is 17.7 Å². The number of urea groups is 1. The van der Waals surface area contributed by atoms with Gasteiger partial charge in [0.25, 0.3) is 0 Å². The van der Waals surface area contributed by atoms with E-state index >= 15 is 0 Å². The number of rotatable bonds is 4. The molecule has 0 aliphatic carbocycles. The Labute approximate surface area is 126 Å². The Kier molecular flexibility index (Phi) is 5.08. The summed E-state index contributed by atoms with van der Waals surface area (Å²) in [5.41, 5.74) is 0.723. The Bertz CT molecular complexity index is 702. The standard InChI is InChI=1S/C16H14F2N2O2/c1-22-13-4-2-3-11(9-13)7-8-19-16(21)20-15-6-5-12(17)10-14(15)18/h2-10H,1H3,(H2,19,20,21)/b8-7+. The molecule has 2 aromatic carbocycles. The molecule has 0 saturated heterocycles. The van der Waals surface area contributed by atoms with Gasteiger partial charge in [-0.1, -0.05) is 12.1 Å². The van der Waals surface area contributed by atoms with Crippen LogP contribution in [0.2, 0.25) is 0 Å². The van der Waals surface area contributed by atoms with Gasteiger partial charge in [0.15, 0.2) is 0 Å². The van der Waals surface area contributed by atoms with Gasteiger partial charge in [0.05, 0.1) is 12.8 Å². The van der Waals surface area contributed by atoms with Gasteiger partial charge in [-0.05, 0) is 35.9 Å². The van der Waals surface area contributed by atoms with Crippen molar-refractivity contribution in [1.29, 1.82) is 0 Å². The minimum Gasteiger partial charge on any atom is -0.497 e. The van der Waals surface area contributed by atoms with Crippen LogP contribution in [0, 0.1) is 11.6 Å². The van der Waals surface area contributed by atoms with Crippen LogP contribution in [0.4, 0.5) is 19.3 Å². The average molecular weight is 304 g/mol. The molecule has 2 N–H and O–H groups in total. The molecule has 22 heavy (non-hydrogen) atoms. The number of nitrogens with one attached hydrogen (secondary N) is 2. The third-order valence-electron chi connectivity index (χ3n) is 2.76. The largest absolute Gasteiger partial charge is 0.497 e. The smallest absolute Gasteiger partial charge is 0.323 e. The van der Waals surface area contributed by atoms with E-state index in [0.29, 0.717) is 11.8 Å². The molecule has 0 aliphatic rings. The number of halogens is 2. The Morgan fingerprint density at radius 2 is 2.00 bits per heavy atom. The van der Waals surface area contributed by atoms with Gasteiger partial charge in [-0.2, -0.15) is 0 Å². The van der Waals surface area contributed by atoms with Crippen molar-refractivity contribution < 1.29 is 18.3 Å². The first-order valence-corrected chi connectivity index (χ1v) is 6.41. The van der Waals surface area contributed by atoms with E-state index in [0.717, 1.165) is 17.7 Å². The van der Waals surface area contributed by atoms with Crippen LogP contribution in [0.1, 0.15) is 5.56 Å². The number of benzene rings is 2. The fraction of sp³-hybridized carbons (Fsp3) is 0.0625. The molecule has 0 fully saturated rings. The molecule has 0 saturated carbocycles. The number of carbonyl (C=O) groups is 1. The number of carbonyl (C=O) groups excluding carboxylic acids is 1. The van der Waals surface area contributed by atoms with Crippen LogP contribution < -0.4 is 15.4 Å². The first-order chi connectivity index (χ1) is 10.6. The molecule has 114 valence electrons. The second kappa shape index (κ2) is 7.21. The van der Waals surface area contributed by atoms with Gasteiger partial charge in [-0.3, -0.25) is 0 Å². The normalized spacial score (nSPS) is 10.5. The summed E-state index contributed by atoms with van der Waals surface area (Å²) < 4.78 is 31.2. The monoisotopic (exact) mass is 304 g/mol. The van der Waals surface area contributed by atoms with Gasteiger partial charge < -0.3 is 15.4 Å². The third-order valence-corrected chi connectivity index (χ3v) is 2.76. The maximum atomic E-state index is 13.4. The second-order valence-corrected chi connectivity index (χ2v) is 4.33. The van der Waals surface area contributed by atoms with E-state index in [1.807, 2.05) is 12.1 Å². The number of amides is 2. The minimum atomic E-state index is -0.841. The predicted octanol–water partition coefficient (Wildman–Crippen LogP) is 3.77. The molecule has 6 heteroatoms. The second-order valence-electron chi connectivity index (χ2n) is 4.33. The molecule has 2 amide bonds. The van der Waals surface area contributed by atoms with Crippen LogP contribution in [0.3, 0.4) is 0 Å². The quantitative estimate of drug-likeness (QED) is 0.903. The predicted molar refractivity (Wildman–Crippen MR) is 80.5 cm³/mol. The lowest BCUT2D eigenvalue weighted by Gasteiger charge is -2.05. The van der Waals surface area contributed by atoms with Crippen LogP contribution in [-0.4, -0.2) is 13.1 Å². The number of hydrogen-bond donors (Lipinski definition) is 2. The first kappa shape index (κ1) is 15.5. The lowest BCUT2D eigenvalue weighted by molar-refractivity contribution is 0.255. The van der Waals surface area contributed by atoms with E-state index in [-0.39, 0.29) is 5.69 Å². The summed E-state index contributed by atoms with van der Waals surface area (Å²) in [6, 6.07) is 9.50. The summed E-state index contributed by atoms with van der Waals surface area (Å²) in [6.45, 7) is 0. The maximum Gasteiger partial charge on any atom is 0.323 e. The van der Waals surface area contributed by atoms with Crippen LogP contribution in [0.25, 0.3) is 6.08 Å². The molecule has 0 spiro atoms. The molecule has 0 bridgehead atoms. The van der Waals surface area contributed by atoms with E-state index in [1.54, 1.807) is 25.3 Å². The Hall–Kier alpha value is -2.89. The first-order valence-electron chi connectivity index (χ1n) is 6.41. The van der Waals surface area contributed by atoms with Crippen molar-refractivity contribution in [1.82, 2.24) is 5.32 Å². The van der Waals surface area contributed by atoms with E-state index in [2.05, 4.69) is 10.6 Å². The van der Waals surface area contributed by atoms with Crippen molar-refractivity contribution >= 4 is 17.8 Å². The fourth-order valence-electron chi connectivity index (χ4n) is 1.71. The van der Waals surface area contributed by atoms with Gasteiger partial charge in [-0.25, -0.2) is 13.6 Å². The molecule has 0 unspecified atom stereocenters. The molecule has 0 atom stereocenters. The topological polar surface area (TPSA) is 50.4 Å². The van der Waals surface area contributed by atoms with Gasteiger partial charge in [0.2, 0.25) is 0 Å². The number of anilines is 1. The van der Waals surface area contributed by atoms with Crippen molar-refractivity contribution in [2.75, 3.05) is 12.4 Å². The van der Waals surface area contributed by atoms with E-state index in [9.17, 15) is 13.6 Å². The highest BCUT2D eigenvalue weighted by Gasteiger charge is 2.06. The van der Waals surface area contributed by atoms with E-state index in [1.165, 1.54) is 6.20 Å². The summed E-state index contributed by atoms with van der Waals surface area (Å²) >= 11 is 0.